The van der Waals surface area contributed by atoms with E-state index in [0.717, 1.165) is 29.2 Å². The van der Waals surface area contributed by atoms with Crippen molar-refractivity contribution < 1.29 is 4.74 Å². The summed E-state index contributed by atoms with van der Waals surface area (Å²) in [5.74, 6) is 0. The van der Waals surface area contributed by atoms with E-state index in [4.69, 9.17) is 22.7 Å². The first kappa shape index (κ1) is 15.9. The number of ether oxygens (including phenoxy) is 1. The summed E-state index contributed by atoms with van der Waals surface area (Å²) in [4.78, 5) is 6.92. The monoisotopic (exact) mass is 281 g/mol. The number of nitrogens with two attached hydrogens (primary N) is 1. The molecule has 0 saturated carbocycles. The molecule has 0 unspecified atom stereocenters. The molecule has 5 heteroatoms. The van der Waals surface area contributed by atoms with E-state index < -0.39 is 0 Å². The van der Waals surface area contributed by atoms with Crippen molar-refractivity contribution in [2.75, 3.05) is 25.1 Å². The number of pyridine rings is 1. The van der Waals surface area contributed by atoms with Gasteiger partial charge in [-0.15, -0.1) is 0 Å². The van der Waals surface area contributed by atoms with Gasteiger partial charge < -0.3 is 15.4 Å². The Morgan fingerprint density at radius 1 is 1.47 bits per heavy atom. The lowest BCUT2D eigenvalue weighted by molar-refractivity contribution is 0.0846. The molecule has 0 fully saturated rings. The van der Waals surface area contributed by atoms with Crippen molar-refractivity contribution in [3.8, 4) is 0 Å². The molecule has 2 N–H and O–H groups in total. The van der Waals surface area contributed by atoms with E-state index in [1.165, 1.54) is 0 Å². The molecule has 19 heavy (non-hydrogen) atoms. The van der Waals surface area contributed by atoms with Gasteiger partial charge in [0.1, 0.15) is 4.99 Å². The van der Waals surface area contributed by atoms with Crippen LogP contribution >= 0.6 is 12.2 Å². The maximum atomic E-state index is 5.81. The van der Waals surface area contributed by atoms with Crippen molar-refractivity contribution in [2.45, 2.75) is 33.8 Å². The van der Waals surface area contributed by atoms with Crippen LogP contribution in [-0.4, -0.2) is 36.3 Å². The highest BCUT2D eigenvalue weighted by Gasteiger charge is 2.14. The van der Waals surface area contributed by atoms with Crippen LogP contribution in [0.25, 0.3) is 0 Å². The maximum absolute atomic E-state index is 5.81. The highest BCUT2D eigenvalue weighted by atomic mass is 32.1. The number of aryl methyl sites for hydroxylation is 2. The average molecular weight is 281 g/mol. The molecule has 0 radical (unpaired) electrons. The molecule has 1 aromatic heterocycles. The van der Waals surface area contributed by atoms with Crippen molar-refractivity contribution in [2.24, 2.45) is 5.73 Å². The molecular formula is C14H23N3OS. The zero-order valence-electron chi connectivity index (χ0n) is 12.4. The number of likely N-dealkylation sites (N-methyl/N-ethyl adjacent to an activating group) is 1. The highest BCUT2D eigenvalue weighted by molar-refractivity contribution is 7.80. The smallest absolute Gasteiger partial charge is 0.107 e. The molecule has 0 amide bonds. The predicted octanol–water partition coefficient (Wildman–Crippen LogP) is 2.19. The van der Waals surface area contributed by atoms with Crippen LogP contribution in [0.1, 0.15) is 30.8 Å². The van der Waals surface area contributed by atoms with Crippen LogP contribution < -0.4 is 10.6 Å². The molecule has 0 aromatic carbocycles. The molecule has 0 aliphatic rings. The van der Waals surface area contributed by atoms with E-state index in [1.54, 1.807) is 0 Å². The summed E-state index contributed by atoms with van der Waals surface area (Å²) in [6.45, 7) is 9.42. The largest absolute Gasteiger partial charge is 0.389 e. The van der Waals surface area contributed by atoms with Crippen molar-refractivity contribution in [1.29, 1.82) is 0 Å². The van der Waals surface area contributed by atoms with Gasteiger partial charge in [-0.25, -0.2) is 0 Å². The Balaban J connectivity index is 2.94. The average Bonchev–Trinajstić information content (AvgIpc) is 2.26. The molecule has 0 aliphatic carbocycles. The summed E-state index contributed by atoms with van der Waals surface area (Å²) in [6.07, 6.45) is 0.240. The lowest BCUT2D eigenvalue weighted by Crippen LogP contribution is -2.27. The fourth-order valence-electron chi connectivity index (χ4n) is 1.96. The fourth-order valence-corrected chi connectivity index (χ4v) is 2.21. The third-order valence-corrected chi connectivity index (χ3v) is 3.05. The van der Waals surface area contributed by atoms with E-state index in [0.29, 0.717) is 11.6 Å². The summed E-state index contributed by atoms with van der Waals surface area (Å²) < 4.78 is 5.57. The second-order valence-corrected chi connectivity index (χ2v) is 5.39. The second-order valence-electron chi connectivity index (χ2n) is 4.95. The lowest BCUT2D eigenvalue weighted by Gasteiger charge is -2.24. The van der Waals surface area contributed by atoms with Gasteiger partial charge in [0, 0.05) is 25.0 Å². The van der Waals surface area contributed by atoms with Crippen LogP contribution in [0.2, 0.25) is 0 Å². The molecule has 0 atom stereocenters. The minimum Gasteiger partial charge on any atom is -0.389 e. The number of nitrogens with zero attached hydrogens (tertiary/aromatic N) is 2. The number of hydrogen-bond donors (Lipinski definition) is 1. The van der Waals surface area contributed by atoms with Gasteiger partial charge in [-0.1, -0.05) is 12.2 Å². The Bertz CT molecular complexity index is 460. The van der Waals surface area contributed by atoms with Gasteiger partial charge in [-0.2, -0.15) is 0 Å². The Kier molecular flexibility index (Phi) is 5.69. The van der Waals surface area contributed by atoms with E-state index in [-0.39, 0.29) is 6.10 Å². The van der Waals surface area contributed by atoms with Crippen LogP contribution in [0.4, 0.5) is 5.69 Å². The van der Waals surface area contributed by atoms with Crippen LogP contribution in [-0.2, 0) is 4.74 Å². The van der Waals surface area contributed by atoms with Crippen molar-refractivity contribution in [3.05, 3.63) is 23.0 Å². The molecule has 1 rings (SSSR count). The summed E-state index contributed by atoms with van der Waals surface area (Å²) in [6, 6.07) is 2.01. The number of rotatable bonds is 6. The Morgan fingerprint density at radius 2 is 2.11 bits per heavy atom. The van der Waals surface area contributed by atoms with Crippen molar-refractivity contribution >= 4 is 22.9 Å². The molecule has 0 spiro atoms. The first-order valence-electron chi connectivity index (χ1n) is 6.43. The third-order valence-electron chi connectivity index (χ3n) is 2.84. The summed E-state index contributed by atoms with van der Waals surface area (Å²) >= 11 is 5.13. The number of anilines is 1. The fraction of sp³-hybridized carbons (Fsp3) is 0.571. The molecule has 1 aromatic rings. The van der Waals surface area contributed by atoms with E-state index in [1.807, 2.05) is 40.8 Å². The molecule has 0 saturated heterocycles. The van der Waals surface area contributed by atoms with Crippen molar-refractivity contribution in [1.82, 2.24) is 4.98 Å². The summed E-state index contributed by atoms with van der Waals surface area (Å²) in [5.41, 5.74) is 9.52. The van der Waals surface area contributed by atoms with Crippen LogP contribution in [0.15, 0.2) is 6.07 Å². The minimum atomic E-state index is 0.240. The zero-order chi connectivity index (χ0) is 14.6. The van der Waals surface area contributed by atoms with Gasteiger partial charge in [0.25, 0.3) is 0 Å². The van der Waals surface area contributed by atoms with Gasteiger partial charge in [-0.05, 0) is 33.8 Å². The molecule has 1 heterocycles. The summed E-state index contributed by atoms with van der Waals surface area (Å²) in [7, 11) is 2.01. The van der Waals surface area contributed by atoms with E-state index in [2.05, 4.69) is 9.88 Å². The summed E-state index contributed by atoms with van der Waals surface area (Å²) in [5, 5.41) is 0. The molecular weight excluding hydrogens is 258 g/mol. The van der Waals surface area contributed by atoms with Gasteiger partial charge in [0.15, 0.2) is 0 Å². The van der Waals surface area contributed by atoms with Crippen LogP contribution in [0.5, 0.6) is 0 Å². The van der Waals surface area contributed by atoms with Crippen molar-refractivity contribution in [3.63, 3.8) is 0 Å². The van der Waals surface area contributed by atoms with Gasteiger partial charge in [-0.3, -0.25) is 4.98 Å². The minimum absolute atomic E-state index is 0.240. The number of hydrogen-bond acceptors (Lipinski definition) is 4. The topological polar surface area (TPSA) is 51.4 Å². The Labute approximate surface area is 121 Å². The lowest BCUT2D eigenvalue weighted by atomic mass is 10.1. The SMILES string of the molecule is Cc1cc(N(C)CCOC(C)C)c(C(N)=S)c(C)n1. The third kappa shape index (κ3) is 4.44. The quantitative estimate of drug-likeness (QED) is 0.810. The second kappa shape index (κ2) is 6.82. The van der Waals surface area contributed by atoms with Gasteiger partial charge >= 0.3 is 0 Å². The van der Waals surface area contributed by atoms with Crippen LogP contribution in [0, 0.1) is 13.8 Å². The predicted molar refractivity (Wildman–Crippen MR) is 84.0 cm³/mol. The van der Waals surface area contributed by atoms with Crippen LogP contribution in [0.3, 0.4) is 0 Å². The van der Waals surface area contributed by atoms with Gasteiger partial charge in [0.05, 0.1) is 24.0 Å². The number of aromatic nitrogens is 1. The highest BCUT2D eigenvalue weighted by Crippen LogP contribution is 2.23. The Morgan fingerprint density at radius 3 is 2.63 bits per heavy atom. The first-order chi connectivity index (χ1) is 8.82. The Hall–Kier alpha value is -1.20. The van der Waals surface area contributed by atoms with E-state index in [9.17, 15) is 0 Å². The molecule has 0 bridgehead atoms. The number of thiocarbonyl (C=S) groups is 1. The zero-order valence-corrected chi connectivity index (χ0v) is 13.2. The molecule has 0 aliphatic heterocycles. The first-order valence-corrected chi connectivity index (χ1v) is 6.84. The molecule has 4 nitrogen and oxygen atoms in total. The normalized spacial score (nSPS) is 10.8. The molecule has 106 valence electrons. The standard InChI is InChI=1S/C14H23N3OS/c1-9(2)18-7-6-17(5)12-8-10(3)16-11(4)13(12)14(15)19/h8-9H,6-7H2,1-5H3,(H2,15,19). The van der Waals surface area contributed by atoms with E-state index >= 15 is 0 Å². The maximum Gasteiger partial charge on any atom is 0.107 e. The van der Waals surface area contributed by atoms with Gasteiger partial charge in [0.2, 0.25) is 0 Å².